The van der Waals surface area contributed by atoms with Crippen molar-refractivity contribution in [1.82, 2.24) is 15.4 Å². The molecule has 2 aliphatic rings. The molecule has 0 atom stereocenters. The van der Waals surface area contributed by atoms with E-state index in [1.165, 1.54) is 32.1 Å². The minimum absolute atomic E-state index is 0.237. The standard InChI is InChI=1S/C24H33N3O4/c1-17(2)10-11-27(19-6-4-3-5-7-19)15-20-13-21(26-31-20)24(28)25-14-18-8-9-22-23(12-18)30-16-29-22/h8-9,12-13,17,19H,3-7,10-11,14-16H2,1-2H3,(H,25,28). The van der Waals surface area contributed by atoms with Crippen molar-refractivity contribution in [2.75, 3.05) is 13.3 Å². The minimum atomic E-state index is -0.237. The van der Waals surface area contributed by atoms with E-state index in [9.17, 15) is 4.79 Å². The van der Waals surface area contributed by atoms with Crippen LogP contribution < -0.4 is 14.8 Å². The second kappa shape index (κ2) is 10.2. The van der Waals surface area contributed by atoms with Crippen molar-refractivity contribution in [2.45, 2.75) is 71.5 Å². The lowest BCUT2D eigenvalue weighted by molar-refractivity contribution is 0.0941. The summed E-state index contributed by atoms with van der Waals surface area (Å²) in [7, 11) is 0. The van der Waals surface area contributed by atoms with Gasteiger partial charge in [-0.2, -0.15) is 0 Å². The molecule has 0 spiro atoms. The summed E-state index contributed by atoms with van der Waals surface area (Å²) in [6, 6.07) is 8.03. The number of carbonyl (C=O) groups excluding carboxylic acids is 1. The molecule has 1 aliphatic heterocycles. The highest BCUT2D eigenvalue weighted by Gasteiger charge is 2.23. The van der Waals surface area contributed by atoms with Gasteiger partial charge in [0.2, 0.25) is 6.79 Å². The summed E-state index contributed by atoms with van der Waals surface area (Å²) in [5.41, 5.74) is 1.27. The Morgan fingerprint density at radius 2 is 1.97 bits per heavy atom. The summed E-state index contributed by atoms with van der Waals surface area (Å²) in [4.78, 5) is 15.1. The fraction of sp³-hybridized carbons (Fsp3) is 0.583. The average molecular weight is 428 g/mol. The highest BCUT2D eigenvalue weighted by atomic mass is 16.7. The fourth-order valence-electron chi connectivity index (χ4n) is 4.28. The molecule has 31 heavy (non-hydrogen) atoms. The quantitative estimate of drug-likeness (QED) is 0.634. The number of nitrogens with one attached hydrogen (secondary N) is 1. The van der Waals surface area contributed by atoms with Crippen LogP contribution in [0.15, 0.2) is 28.8 Å². The minimum Gasteiger partial charge on any atom is -0.454 e. The molecule has 1 aromatic heterocycles. The highest BCUT2D eigenvalue weighted by Crippen LogP contribution is 2.32. The van der Waals surface area contributed by atoms with E-state index in [4.69, 9.17) is 14.0 Å². The molecule has 1 N–H and O–H groups in total. The maximum atomic E-state index is 12.6. The third kappa shape index (κ3) is 5.79. The van der Waals surface area contributed by atoms with E-state index in [2.05, 4.69) is 29.2 Å². The molecule has 1 aromatic carbocycles. The van der Waals surface area contributed by atoms with Crippen molar-refractivity contribution in [2.24, 2.45) is 5.92 Å². The number of amides is 1. The molecule has 0 saturated heterocycles. The van der Waals surface area contributed by atoms with Crippen LogP contribution in [0.5, 0.6) is 11.5 Å². The molecule has 4 rings (SSSR count). The number of ether oxygens (including phenoxy) is 2. The number of rotatable bonds is 9. The first-order valence-corrected chi connectivity index (χ1v) is 11.4. The van der Waals surface area contributed by atoms with Crippen LogP contribution in [0.2, 0.25) is 0 Å². The molecule has 2 heterocycles. The molecule has 1 fully saturated rings. The topological polar surface area (TPSA) is 76.8 Å². The van der Waals surface area contributed by atoms with Crippen LogP contribution in [-0.2, 0) is 13.1 Å². The highest BCUT2D eigenvalue weighted by molar-refractivity contribution is 5.92. The van der Waals surface area contributed by atoms with Gasteiger partial charge < -0.3 is 19.3 Å². The summed E-state index contributed by atoms with van der Waals surface area (Å²) >= 11 is 0. The van der Waals surface area contributed by atoms with E-state index >= 15 is 0 Å². The van der Waals surface area contributed by atoms with Crippen molar-refractivity contribution < 1.29 is 18.8 Å². The molecule has 7 nitrogen and oxygen atoms in total. The molecular weight excluding hydrogens is 394 g/mol. The van der Waals surface area contributed by atoms with E-state index in [1.807, 2.05) is 18.2 Å². The van der Waals surface area contributed by atoms with Crippen molar-refractivity contribution in [3.05, 3.63) is 41.3 Å². The van der Waals surface area contributed by atoms with Gasteiger partial charge in [0, 0.05) is 18.7 Å². The number of hydrogen-bond donors (Lipinski definition) is 1. The van der Waals surface area contributed by atoms with Gasteiger partial charge >= 0.3 is 0 Å². The predicted octanol–water partition coefficient (Wildman–Crippen LogP) is 4.51. The van der Waals surface area contributed by atoms with Gasteiger partial charge in [-0.15, -0.1) is 0 Å². The fourth-order valence-corrected chi connectivity index (χ4v) is 4.28. The zero-order chi connectivity index (χ0) is 21.6. The van der Waals surface area contributed by atoms with Crippen LogP contribution in [0.4, 0.5) is 0 Å². The Hall–Kier alpha value is -2.54. The van der Waals surface area contributed by atoms with Gasteiger partial charge in [0.05, 0.1) is 6.54 Å². The molecule has 0 unspecified atom stereocenters. The van der Waals surface area contributed by atoms with Crippen LogP contribution in [0.3, 0.4) is 0 Å². The molecule has 1 saturated carbocycles. The van der Waals surface area contributed by atoms with Crippen LogP contribution in [0, 0.1) is 5.92 Å². The first-order chi connectivity index (χ1) is 15.1. The lowest BCUT2D eigenvalue weighted by Gasteiger charge is -2.34. The normalized spacial score (nSPS) is 16.3. The first-order valence-electron chi connectivity index (χ1n) is 11.4. The van der Waals surface area contributed by atoms with Crippen molar-refractivity contribution in [1.29, 1.82) is 0 Å². The smallest absolute Gasteiger partial charge is 0.273 e. The van der Waals surface area contributed by atoms with Gasteiger partial charge in [-0.3, -0.25) is 9.69 Å². The monoisotopic (exact) mass is 427 g/mol. The van der Waals surface area contributed by atoms with E-state index < -0.39 is 0 Å². The van der Waals surface area contributed by atoms with Crippen molar-refractivity contribution in [3.8, 4) is 11.5 Å². The summed E-state index contributed by atoms with van der Waals surface area (Å²) in [5, 5.41) is 6.93. The average Bonchev–Trinajstić information content (AvgIpc) is 3.44. The van der Waals surface area contributed by atoms with Crippen molar-refractivity contribution in [3.63, 3.8) is 0 Å². The maximum Gasteiger partial charge on any atom is 0.273 e. The third-order valence-corrected chi connectivity index (χ3v) is 6.13. The molecule has 0 radical (unpaired) electrons. The predicted molar refractivity (Wildman–Crippen MR) is 117 cm³/mol. The molecule has 2 aromatic rings. The van der Waals surface area contributed by atoms with Gasteiger partial charge in [0.1, 0.15) is 0 Å². The third-order valence-electron chi connectivity index (χ3n) is 6.13. The Kier molecular flexibility index (Phi) is 7.12. The summed E-state index contributed by atoms with van der Waals surface area (Å²) in [6.45, 7) is 6.91. The number of hydrogen-bond acceptors (Lipinski definition) is 6. The van der Waals surface area contributed by atoms with Crippen LogP contribution in [0.25, 0.3) is 0 Å². The number of carbonyl (C=O) groups is 1. The van der Waals surface area contributed by atoms with Gasteiger partial charge in [-0.05, 0) is 49.4 Å². The Labute approximate surface area is 184 Å². The van der Waals surface area contributed by atoms with E-state index in [0.717, 1.165) is 30.0 Å². The maximum absolute atomic E-state index is 12.6. The van der Waals surface area contributed by atoms with Crippen LogP contribution >= 0.6 is 0 Å². The molecule has 7 heteroatoms. The zero-order valence-corrected chi connectivity index (χ0v) is 18.6. The number of fused-ring (bicyclic) bond motifs is 1. The van der Waals surface area contributed by atoms with Gasteiger partial charge in [0.25, 0.3) is 5.91 Å². The Morgan fingerprint density at radius 1 is 1.16 bits per heavy atom. The number of nitrogens with zero attached hydrogens (tertiary/aromatic N) is 2. The molecule has 168 valence electrons. The molecule has 1 amide bonds. The van der Waals surface area contributed by atoms with Gasteiger partial charge in [-0.25, -0.2) is 0 Å². The molecule has 0 bridgehead atoms. The SMILES string of the molecule is CC(C)CCN(Cc1cc(C(=O)NCc2ccc3c(c2)OCO3)no1)C1CCCCC1. The lowest BCUT2D eigenvalue weighted by Crippen LogP contribution is -2.37. The van der Waals surface area contributed by atoms with E-state index in [0.29, 0.717) is 36.5 Å². The van der Waals surface area contributed by atoms with Crippen molar-refractivity contribution >= 4 is 5.91 Å². The van der Waals surface area contributed by atoms with Crippen LogP contribution in [-0.4, -0.2) is 35.3 Å². The summed E-state index contributed by atoms with van der Waals surface area (Å²) < 4.78 is 16.2. The number of benzene rings is 1. The Morgan fingerprint density at radius 3 is 2.77 bits per heavy atom. The number of aromatic nitrogens is 1. The first kappa shape index (κ1) is 21.7. The molecule has 1 aliphatic carbocycles. The second-order valence-electron chi connectivity index (χ2n) is 8.99. The van der Waals surface area contributed by atoms with Gasteiger partial charge in [-0.1, -0.05) is 44.3 Å². The largest absolute Gasteiger partial charge is 0.454 e. The zero-order valence-electron chi connectivity index (χ0n) is 18.6. The summed E-state index contributed by atoms with van der Waals surface area (Å²) in [6.07, 6.45) is 7.59. The second-order valence-corrected chi connectivity index (χ2v) is 8.99. The Balaban J connectivity index is 1.33. The Bertz CT molecular complexity index is 873. The van der Waals surface area contributed by atoms with Crippen LogP contribution in [0.1, 0.15) is 74.2 Å². The summed E-state index contributed by atoms with van der Waals surface area (Å²) in [5.74, 6) is 2.62. The molecular formula is C24H33N3O4. The van der Waals surface area contributed by atoms with E-state index in [-0.39, 0.29) is 12.7 Å². The van der Waals surface area contributed by atoms with E-state index in [1.54, 1.807) is 6.07 Å². The van der Waals surface area contributed by atoms with Gasteiger partial charge in [0.15, 0.2) is 23.0 Å². The lowest BCUT2D eigenvalue weighted by atomic mass is 9.93.